The van der Waals surface area contributed by atoms with Crippen molar-refractivity contribution in [3.8, 4) is 17.1 Å². The van der Waals surface area contributed by atoms with E-state index in [1.54, 1.807) is 36.4 Å². The smallest absolute Gasteiger partial charge is 0.203 e. The molecule has 0 N–H and O–H groups in total. The van der Waals surface area contributed by atoms with Gasteiger partial charge in [0.15, 0.2) is 11.6 Å². The number of hydrazone groups is 1. The third kappa shape index (κ3) is 3.87. The molecule has 0 radical (unpaired) electrons. The van der Waals surface area contributed by atoms with E-state index in [4.69, 9.17) is 4.74 Å². The van der Waals surface area contributed by atoms with E-state index in [0.717, 1.165) is 17.7 Å². The molecule has 0 aliphatic carbocycles. The highest BCUT2D eigenvalue weighted by Gasteiger charge is 2.20. The second kappa shape index (κ2) is 7.83. The van der Waals surface area contributed by atoms with Gasteiger partial charge < -0.3 is 4.74 Å². The summed E-state index contributed by atoms with van der Waals surface area (Å²) in [5.74, 6) is 1.03. The van der Waals surface area contributed by atoms with Crippen LogP contribution in [0.3, 0.4) is 0 Å². The molecule has 1 aromatic carbocycles. The standard InChI is InChI=1S/C21H22N6O2/c1-14(20-19(28)7-8-27(25-20)17-10-24-26(2)13-17)15-5-4-6-16(9-15)21-22-11-18(29-3)12-23-21/h4-12,14,17H,13H2,1-3H3. The molecule has 29 heavy (non-hydrogen) atoms. The van der Waals surface area contributed by atoms with Crippen LogP contribution in [-0.2, 0) is 0 Å². The zero-order valence-corrected chi connectivity index (χ0v) is 16.6. The molecule has 0 bridgehead atoms. The molecule has 8 nitrogen and oxygen atoms in total. The van der Waals surface area contributed by atoms with Gasteiger partial charge in [0.25, 0.3) is 0 Å². The molecule has 0 fully saturated rings. The van der Waals surface area contributed by atoms with Crippen LogP contribution in [0.2, 0.25) is 0 Å². The normalized spacial score (nSPS) is 16.8. The molecule has 0 spiro atoms. The summed E-state index contributed by atoms with van der Waals surface area (Å²) in [4.78, 5) is 21.2. The third-order valence-electron chi connectivity index (χ3n) is 5.00. The van der Waals surface area contributed by atoms with Crippen LogP contribution < -0.4 is 10.2 Å². The lowest BCUT2D eigenvalue weighted by Crippen LogP contribution is -2.25. The van der Waals surface area contributed by atoms with E-state index in [9.17, 15) is 4.79 Å². The Hall–Kier alpha value is -3.55. The number of hydrogen-bond donors (Lipinski definition) is 0. The Balaban J connectivity index is 1.65. The van der Waals surface area contributed by atoms with Crippen LogP contribution in [0.25, 0.3) is 11.4 Å². The van der Waals surface area contributed by atoms with Gasteiger partial charge in [-0.15, -0.1) is 0 Å². The molecular formula is C21H22N6O2. The average molecular weight is 390 g/mol. The summed E-state index contributed by atoms with van der Waals surface area (Å²) in [5, 5.41) is 10.7. The van der Waals surface area contributed by atoms with Crippen LogP contribution in [0.5, 0.6) is 5.75 Å². The van der Waals surface area contributed by atoms with Gasteiger partial charge in [-0.2, -0.15) is 10.2 Å². The number of ether oxygens (including phenoxy) is 1. The first-order valence-electron chi connectivity index (χ1n) is 9.36. The molecule has 3 aromatic rings. The summed E-state index contributed by atoms with van der Waals surface area (Å²) >= 11 is 0. The van der Waals surface area contributed by atoms with Gasteiger partial charge in [-0.25, -0.2) is 9.97 Å². The van der Waals surface area contributed by atoms with Crippen molar-refractivity contribution in [1.82, 2.24) is 24.8 Å². The molecule has 148 valence electrons. The van der Waals surface area contributed by atoms with Crippen LogP contribution in [-0.4, -0.2) is 51.7 Å². The van der Waals surface area contributed by atoms with E-state index in [0.29, 0.717) is 17.3 Å². The number of benzene rings is 1. The number of aromatic nitrogens is 4. The summed E-state index contributed by atoms with van der Waals surface area (Å²) in [6, 6.07) is 9.46. The highest BCUT2D eigenvalue weighted by Crippen LogP contribution is 2.25. The van der Waals surface area contributed by atoms with Gasteiger partial charge in [0.2, 0.25) is 5.43 Å². The maximum Gasteiger partial charge on any atom is 0.203 e. The van der Waals surface area contributed by atoms with E-state index >= 15 is 0 Å². The Labute approximate surface area is 168 Å². The van der Waals surface area contributed by atoms with Crippen molar-refractivity contribution in [2.45, 2.75) is 18.9 Å². The summed E-state index contributed by atoms with van der Waals surface area (Å²) in [6.07, 6.45) is 6.83. The molecule has 0 amide bonds. The monoisotopic (exact) mass is 390 g/mol. The SMILES string of the molecule is COc1cnc(-c2cccc(C(C)c3nn(C4C=NN(C)C4)ccc3=O)c2)nc1. The van der Waals surface area contributed by atoms with Gasteiger partial charge in [0.1, 0.15) is 11.7 Å². The minimum Gasteiger partial charge on any atom is -0.494 e. The fraction of sp³-hybridized carbons (Fsp3) is 0.286. The van der Waals surface area contributed by atoms with Gasteiger partial charge >= 0.3 is 0 Å². The molecule has 1 aliphatic heterocycles. The molecule has 3 heterocycles. The largest absolute Gasteiger partial charge is 0.494 e. The predicted octanol–water partition coefficient (Wildman–Crippen LogP) is 2.33. The van der Waals surface area contributed by atoms with Crippen molar-refractivity contribution in [2.75, 3.05) is 20.7 Å². The van der Waals surface area contributed by atoms with Gasteiger partial charge in [0.05, 0.1) is 32.3 Å². The lowest BCUT2D eigenvalue weighted by atomic mass is 9.95. The van der Waals surface area contributed by atoms with Crippen LogP contribution >= 0.6 is 0 Å². The lowest BCUT2D eigenvalue weighted by molar-refractivity contribution is 0.348. The van der Waals surface area contributed by atoms with Crippen LogP contribution in [0, 0.1) is 0 Å². The molecule has 2 aromatic heterocycles. The Bertz CT molecular complexity index is 1090. The first-order chi connectivity index (χ1) is 14.0. The van der Waals surface area contributed by atoms with Gasteiger partial charge in [-0.1, -0.05) is 25.1 Å². The van der Waals surface area contributed by atoms with Crippen LogP contribution in [0.4, 0.5) is 0 Å². The van der Waals surface area contributed by atoms with E-state index < -0.39 is 0 Å². The maximum absolute atomic E-state index is 12.5. The number of rotatable bonds is 5. The fourth-order valence-corrected chi connectivity index (χ4v) is 3.30. The van der Waals surface area contributed by atoms with Crippen LogP contribution in [0.15, 0.2) is 58.8 Å². The minimum atomic E-state index is -0.177. The Kier molecular flexibility index (Phi) is 5.07. The van der Waals surface area contributed by atoms with Crippen LogP contribution in [0.1, 0.15) is 30.1 Å². The Morgan fingerprint density at radius 1 is 1.21 bits per heavy atom. The second-order valence-corrected chi connectivity index (χ2v) is 7.01. The molecule has 8 heteroatoms. The lowest BCUT2D eigenvalue weighted by Gasteiger charge is -2.17. The van der Waals surface area contributed by atoms with E-state index in [1.807, 2.05) is 49.5 Å². The van der Waals surface area contributed by atoms with Crippen molar-refractivity contribution < 1.29 is 4.74 Å². The highest BCUT2D eigenvalue weighted by atomic mass is 16.5. The van der Waals surface area contributed by atoms with E-state index in [1.165, 1.54) is 0 Å². The number of nitrogens with zero attached hydrogens (tertiary/aromatic N) is 6. The molecular weight excluding hydrogens is 368 g/mol. The summed E-state index contributed by atoms with van der Waals surface area (Å²) < 4.78 is 6.92. The highest BCUT2D eigenvalue weighted by molar-refractivity contribution is 5.64. The minimum absolute atomic E-state index is 0.0191. The molecule has 0 saturated heterocycles. The quantitative estimate of drug-likeness (QED) is 0.665. The molecule has 2 atom stereocenters. The topological polar surface area (TPSA) is 85.5 Å². The summed E-state index contributed by atoms with van der Waals surface area (Å²) in [5.41, 5.74) is 2.27. The first kappa shape index (κ1) is 18.8. The van der Waals surface area contributed by atoms with Gasteiger partial charge in [-0.3, -0.25) is 14.5 Å². The zero-order valence-electron chi connectivity index (χ0n) is 16.6. The number of likely N-dealkylation sites (N-methyl/N-ethyl adjacent to an activating group) is 1. The predicted molar refractivity (Wildman–Crippen MR) is 110 cm³/mol. The summed E-state index contributed by atoms with van der Waals surface area (Å²) in [6.45, 7) is 2.71. The summed E-state index contributed by atoms with van der Waals surface area (Å²) in [7, 11) is 3.49. The molecule has 1 aliphatic rings. The molecule has 2 unspecified atom stereocenters. The average Bonchev–Trinajstić information content (AvgIpc) is 3.20. The van der Waals surface area contributed by atoms with Crippen molar-refractivity contribution in [2.24, 2.45) is 5.10 Å². The van der Waals surface area contributed by atoms with Gasteiger partial charge in [0, 0.05) is 30.8 Å². The van der Waals surface area contributed by atoms with E-state index in [2.05, 4.69) is 20.2 Å². The molecule has 0 saturated carbocycles. The number of hydrogen-bond acceptors (Lipinski definition) is 7. The molecule has 4 rings (SSSR count). The first-order valence-corrected chi connectivity index (χ1v) is 9.36. The van der Waals surface area contributed by atoms with E-state index in [-0.39, 0.29) is 17.4 Å². The fourth-order valence-electron chi connectivity index (χ4n) is 3.30. The van der Waals surface area contributed by atoms with Gasteiger partial charge in [-0.05, 0) is 11.6 Å². The Morgan fingerprint density at radius 2 is 2.00 bits per heavy atom. The van der Waals surface area contributed by atoms with Crippen molar-refractivity contribution in [3.63, 3.8) is 0 Å². The third-order valence-corrected chi connectivity index (χ3v) is 5.00. The van der Waals surface area contributed by atoms with Crippen molar-refractivity contribution in [1.29, 1.82) is 0 Å². The maximum atomic E-state index is 12.5. The zero-order chi connectivity index (χ0) is 20.4. The second-order valence-electron chi connectivity index (χ2n) is 7.01. The number of methoxy groups -OCH3 is 1. The Morgan fingerprint density at radius 3 is 2.69 bits per heavy atom. The van der Waals surface area contributed by atoms with Crippen molar-refractivity contribution in [3.05, 3.63) is 70.4 Å². The van der Waals surface area contributed by atoms with Crippen molar-refractivity contribution >= 4 is 6.21 Å².